The van der Waals surface area contributed by atoms with Crippen LogP contribution < -0.4 is 0 Å². The zero-order valence-corrected chi connectivity index (χ0v) is 10.7. The van der Waals surface area contributed by atoms with Crippen molar-refractivity contribution in [2.45, 2.75) is 24.2 Å². The average molecular weight is 306 g/mol. The number of alkyl halides is 1. The molecule has 14 heavy (non-hydrogen) atoms. The Morgan fingerprint density at radius 3 is 2.93 bits per heavy atom. The third kappa shape index (κ3) is 3.12. The van der Waals surface area contributed by atoms with E-state index in [1.165, 1.54) is 5.57 Å². The number of hydrogen-bond acceptors (Lipinski definition) is 2. The van der Waals surface area contributed by atoms with Gasteiger partial charge in [0, 0.05) is 0 Å². The number of halogens is 1. The maximum absolute atomic E-state index is 11.2. The van der Waals surface area contributed by atoms with Crippen LogP contribution in [0.1, 0.15) is 20.3 Å². The Morgan fingerprint density at radius 2 is 2.43 bits per heavy atom. The zero-order valence-electron chi connectivity index (χ0n) is 8.50. The van der Waals surface area contributed by atoms with Gasteiger partial charge in [-0.15, -0.1) is 0 Å². The molecule has 0 radical (unpaired) electrons. The van der Waals surface area contributed by atoms with Crippen molar-refractivity contribution in [1.82, 2.24) is 0 Å². The first-order valence-corrected chi connectivity index (χ1v) is 6.07. The van der Waals surface area contributed by atoms with Crippen LogP contribution in [-0.4, -0.2) is 16.5 Å². The van der Waals surface area contributed by atoms with Gasteiger partial charge in [0.1, 0.15) is 0 Å². The van der Waals surface area contributed by atoms with Gasteiger partial charge in [0.2, 0.25) is 0 Å². The Kier molecular flexibility index (Phi) is 4.65. The van der Waals surface area contributed by atoms with Crippen molar-refractivity contribution in [3.63, 3.8) is 0 Å². The van der Waals surface area contributed by atoms with Crippen molar-refractivity contribution >= 4 is 28.6 Å². The van der Waals surface area contributed by atoms with E-state index in [2.05, 4.69) is 41.7 Å². The van der Waals surface area contributed by atoms with Gasteiger partial charge in [0.05, 0.1) is 17.0 Å². The molecule has 0 saturated heterocycles. The maximum Gasteiger partial charge on any atom is 0.306 e. The third-order valence-electron chi connectivity index (χ3n) is 2.23. The van der Waals surface area contributed by atoms with Crippen LogP contribution in [0.15, 0.2) is 23.8 Å². The second kappa shape index (κ2) is 5.53. The van der Waals surface area contributed by atoms with E-state index < -0.39 is 0 Å². The predicted molar refractivity (Wildman–Crippen MR) is 65.4 cm³/mol. The zero-order chi connectivity index (χ0) is 10.6. The van der Waals surface area contributed by atoms with Gasteiger partial charge in [0.25, 0.3) is 0 Å². The molecule has 1 aliphatic carbocycles. The molecule has 0 fully saturated rings. The molecule has 0 aromatic carbocycles. The van der Waals surface area contributed by atoms with Gasteiger partial charge in [-0.2, -0.15) is 0 Å². The van der Waals surface area contributed by atoms with E-state index in [1.54, 1.807) is 0 Å². The molecule has 0 bridgehead atoms. The Hall–Kier alpha value is -0.320. The molecule has 0 amide bonds. The van der Waals surface area contributed by atoms with Crippen molar-refractivity contribution < 1.29 is 9.53 Å². The van der Waals surface area contributed by atoms with E-state index in [-0.39, 0.29) is 11.9 Å². The highest BCUT2D eigenvalue weighted by atomic mass is 127. The Balaban J connectivity index is 2.43. The predicted octanol–water partition coefficient (Wildman–Crippen LogP) is 2.88. The smallest absolute Gasteiger partial charge is 0.306 e. The normalized spacial score (nSPS) is 21.9. The minimum Gasteiger partial charge on any atom is -0.466 e. The molecule has 0 aromatic rings. The number of hydrogen-bond donors (Lipinski definition) is 0. The first-order valence-electron chi connectivity index (χ1n) is 4.83. The molecule has 0 saturated carbocycles. The maximum atomic E-state index is 11.2. The van der Waals surface area contributed by atoms with Crippen LogP contribution in [0.3, 0.4) is 0 Å². The summed E-state index contributed by atoms with van der Waals surface area (Å²) >= 11 is 2.37. The van der Waals surface area contributed by atoms with Gasteiger partial charge < -0.3 is 4.74 Å². The molecule has 0 spiro atoms. The molecule has 3 heteroatoms. The van der Waals surface area contributed by atoms with Gasteiger partial charge in [-0.3, -0.25) is 4.79 Å². The summed E-state index contributed by atoms with van der Waals surface area (Å²) in [5, 5.41) is 0. The van der Waals surface area contributed by atoms with Crippen molar-refractivity contribution in [3.8, 4) is 0 Å². The van der Waals surface area contributed by atoms with Crippen LogP contribution in [0.2, 0.25) is 0 Å². The largest absolute Gasteiger partial charge is 0.466 e. The summed E-state index contributed by atoms with van der Waals surface area (Å²) in [5.41, 5.74) is 1.32. The molecular weight excluding hydrogens is 291 g/mol. The highest BCUT2D eigenvalue weighted by molar-refractivity contribution is 14.1. The summed E-state index contributed by atoms with van der Waals surface area (Å²) < 4.78 is 5.36. The third-order valence-corrected chi connectivity index (χ3v) is 3.37. The fourth-order valence-corrected chi connectivity index (χ4v) is 2.55. The van der Waals surface area contributed by atoms with Crippen LogP contribution in [0, 0.1) is 5.92 Å². The molecule has 0 aromatic heterocycles. The topological polar surface area (TPSA) is 26.3 Å². The highest BCUT2D eigenvalue weighted by Crippen LogP contribution is 2.28. The van der Waals surface area contributed by atoms with Crippen LogP contribution in [0.4, 0.5) is 0 Å². The molecule has 2 atom stereocenters. The fraction of sp³-hybridized carbons (Fsp3) is 0.545. The number of allylic oxidation sites excluding steroid dienone is 4. The molecule has 2 nitrogen and oxygen atoms in total. The quantitative estimate of drug-likeness (QED) is 0.453. The minimum atomic E-state index is -0.101. The molecule has 78 valence electrons. The van der Waals surface area contributed by atoms with E-state index in [1.807, 2.05) is 13.0 Å². The summed E-state index contributed by atoms with van der Waals surface area (Å²) in [6.07, 6.45) is 6.77. The molecule has 1 aliphatic rings. The van der Waals surface area contributed by atoms with Crippen molar-refractivity contribution in [3.05, 3.63) is 23.8 Å². The number of esters is 1. The molecule has 1 unspecified atom stereocenters. The Labute approximate surface area is 98.5 Å². The number of rotatable bonds is 4. The summed E-state index contributed by atoms with van der Waals surface area (Å²) in [6.45, 7) is 4.37. The van der Waals surface area contributed by atoms with Gasteiger partial charge in [-0.1, -0.05) is 53.3 Å². The Morgan fingerprint density at radius 1 is 1.71 bits per heavy atom. The second-order valence-corrected chi connectivity index (χ2v) is 4.71. The minimum absolute atomic E-state index is 0.101. The van der Waals surface area contributed by atoms with E-state index in [0.29, 0.717) is 17.0 Å². The monoisotopic (exact) mass is 306 g/mol. The summed E-state index contributed by atoms with van der Waals surface area (Å²) in [6, 6.07) is 0. The first kappa shape index (κ1) is 11.8. The van der Waals surface area contributed by atoms with Crippen LogP contribution in [0.5, 0.6) is 0 Å². The van der Waals surface area contributed by atoms with Gasteiger partial charge in [-0.05, 0) is 12.8 Å². The summed E-state index contributed by atoms with van der Waals surface area (Å²) in [4.78, 5) is 11.2. The number of carbonyl (C=O) groups excluding carboxylic acids is 1. The molecule has 0 aliphatic heterocycles. The fourth-order valence-electron chi connectivity index (χ4n) is 1.49. The SMILES string of the molecule is CCOC(=O)C[C@H](C)C1=CC=CC1I. The summed E-state index contributed by atoms with van der Waals surface area (Å²) in [7, 11) is 0. The van der Waals surface area contributed by atoms with Crippen LogP contribution in [-0.2, 0) is 9.53 Å². The first-order chi connectivity index (χ1) is 6.65. The molecular formula is C11H15IO2. The van der Waals surface area contributed by atoms with E-state index in [9.17, 15) is 4.79 Å². The lowest BCUT2D eigenvalue weighted by molar-refractivity contribution is -0.143. The van der Waals surface area contributed by atoms with Gasteiger partial charge >= 0.3 is 5.97 Å². The highest BCUT2D eigenvalue weighted by Gasteiger charge is 2.20. The lowest BCUT2D eigenvalue weighted by Gasteiger charge is -2.15. The molecule has 1 rings (SSSR count). The van der Waals surface area contributed by atoms with Gasteiger partial charge in [0.15, 0.2) is 0 Å². The molecule has 0 heterocycles. The molecule has 0 N–H and O–H groups in total. The van der Waals surface area contributed by atoms with E-state index in [4.69, 9.17) is 4.74 Å². The summed E-state index contributed by atoms with van der Waals surface area (Å²) in [5.74, 6) is 0.183. The Bertz CT molecular complexity index is 268. The number of ether oxygens (including phenoxy) is 1. The van der Waals surface area contributed by atoms with E-state index >= 15 is 0 Å². The van der Waals surface area contributed by atoms with Crippen LogP contribution >= 0.6 is 22.6 Å². The lowest BCUT2D eigenvalue weighted by atomic mass is 9.97. The lowest BCUT2D eigenvalue weighted by Crippen LogP contribution is -2.13. The van der Waals surface area contributed by atoms with Crippen LogP contribution in [0.25, 0.3) is 0 Å². The van der Waals surface area contributed by atoms with E-state index in [0.717, 1.165) is 0 Å². The van der Waals surface area contributed by atoms with Crippen molar-refractivity contribution in [2.24, 2.45) is 5.92 Å². The average Bonchev–Trinajstić information content (AvgIpc) is 2.51. The second-order valence-electron chi connectivity index (χ2n) is 3.36. The van der Waals surface area contributed by atoms with Gasteiger partial charge in [-0.25, -0.2) is 0 Å². The number of carbonyl (C=O) groups is 1. The standard InChI is InChI=1S/C11H15IO2/c1-3-14-11(13)7-8(2)9-5-4-6-10(9)12/h4-6,8,10H,3,7H2,1-2H3/t8-,10?/m0/s1. The van der Waals surface area contributed by atoms with Crippen molar-refractivity contribution in [1.29, 1.82) is 0 Å². The van der Waals surface area contributed by atoms with Crippen molar-refractivity contribution in [2.75, 3.05) is 6.61 Å².